The highest BCUT2D eigenvalue weighted by atomic mass is 35.5. The first kappa shape index (κ1) is 12.4. The van der Waals surface area contributed by atoms with Crippen LogP contribution in [0.1, 0.15) is 5.56 Å². The van der Waals surface area contributed by atoms with E-state index in [1.165, 1.54) is 24.3 Å². The van der Waals surface area contributed by atoms with Gasteiger partial charge in [0.25, 0.3) is 17.2 Å². The number of nitrogens with zero attached hydrogens (tertiary/aromatic N) is 1. The summed E-state index contributed by atoms with van der Waals surface area (Å²) >= 11 is 4.89. The van der Waals surface area contributed by atoms with Gasteiger partial charge in [0.2, 0.25) is 0 Å². The van der Waals surface area contributed by atoms with Crippen LogP contribution in [0.5, 0.6) is 0 Å². The highest BCUT2D eigenvalue weighted by molar-refractivity contribution is 6.29. The van der Waals surface area contributed by atoms with Gasteiger partial charge in [-0.25, -0.2) is 4.39 Å². The molecular weight excluding hydrogens is 239 g/mol. The second kappa shape index (κ2) is 5.41. The predicted octanol–water partition coefficient (Wildman–Crippen LogP) is 1.75. The van der Waals surface area contributed by atoms with E-state index >= 15 is 0 Å². The molecule has 1 aromatic rings. The van der Waals surface area contributed by atoms with E-state index in [0.717, 1.165) is 0 Å². The molecule has 0 bridgehead atoms. The van der Waals surface area contributed by atoms with Crippen molar-refractivity contribution in [1.82, 2.24) is 5.32 Å². The van der Waals surface area contributed by atoms with E-state index in [1.807, 2.05) is 0 Å². The van der Waals surface area contributed by atoms with Crippen molar-refractivity contribution < 1.29 is 14.1 Å². The summed E-state index contributed by atoms with van der Waals surface area (Å²) in [6.07, 6.45) is 0. The average molecular weight is 247 g/mol. The Hall–Kier alpha value is -1.69. The van der Waals surface area contributed by atoms with Gasteiger partial charge in [-0.05, 0) is 5.56 Å². The van der Waals surface area contributed by atoms with Crippen molar-refractivity contribution in [3.05, 3.63) is 39.9 Å². The molecule has 0 radical (unpaired) electrons. The molecule has 1 rings (SSSR count). The van der Waals surface area contributed by atoms with Crippen LogP contribution < -0.4 is 5.32 Å². The number of non-ortho nitro benzene ring substituents is 1. The number of alkyl halides is 2. The van der Waals surface area contributed by atoms with Gasteiger partial charge in [-0.1, -0.05) is 23.7 Å². The maximum absolute atomic E-state index is 12.2. The summed E-state index contributed by atoms with van der Waals surface area (Å²) in [7, 11) is 0. The molecule has 0 aliphatic carbocycles. The molecule has 0 saturated carbocycles. The van der Waals surface area contributed by atoms with Crippen molar-refractivity contribution in [2.75, 3.05) is 0 Å². The standard InChI is InChI=1S/C9H8ClFN2O3/c10-8(11)9(14)12-5-6-1-3-7(4-2-6)13(15)16/h1-4,8H,5H2,(H,12,14). The second-order valence-corrected chi connectivity index (χ2v) is 3.33. The average Bonchev–Trinajstić information content (AvgIpc) is 2.26. The van der Waals surface area contributed by atoms with Crippen LogP contribution in [0.25, 0.3) is 0 Å². The molecule has 0 heterocycles. The Morgan fingerprint density at radius 3 is 2.50 bits per heavy atom. The molecule has 1 aromatic carbocycles. The van der Waals surface area contributed by atoms with E-state index < -0.39 is 16.5 Å². The Balaban J connectivity index is 2.56. The van der Waals surface area contributed by atoms with Gasteiger partial charge in [-0.3, -0.25) is 14.9 Å². The van der Waals surface area contributed by atoms with Gasteiger partial charge in [-0.2, -0.15) is 0 Å². The summed E-state index contributed by atoms with van der Waals surface area (Å²) in [5.41, 5.74) is -1.51. The monoisotopic (exact) mass is 246 g/mol. The third-order valence-corrected chi connectivity index (χ3v) is 2.01. The molecule has 0 aliphatic rings. The molecule has 1 atom stereocenters. The Morgan fingerprint density at radius 2 is 2.06 bits per heavy atom. The second-order valence-electron chi connectivity index (χ2n) is 2.94. The molecule has 7 heteroatoms. The first-order valence-corrected chi connectivity index (χ1v) is 4.73. The molecule has 16 heavy (non-hydrogen) atoms. The number of amides is 1. The van der Waals surface area contributed by atoms with E-state index in [9.17, 15) is 19.3 Å². The number of carbonyl (C=O) groups excluding carboxylic acids is 1. The molecule has 0 spiro atoms. The highest BCUT2D eigenvalue weighted by Gasteiger charge is 2.12. The number of rotatable bonds is 4. The van der Waals surface area contributed by atoms with E-state index in [4.69, 9.17) is 11.6 Å². The van der Waals surface area contributed by atoms with E-state index in [0.29, 0.717) is 5.56 Å². The van der Waals surface area contributed by atoms with Crippen LogP contribution in [-0.2, 0) is 11.3 Å². The molecule has 0 aromatic heterocycles. The molecule has 86 valence electrons. The maximum atomic E-state index is 12.2. The fourth-order valence-corrected chi connectivity index (χ4v) is 1.08. The van der Waals surface area contributed by atoms with Crippen LogP contribution in [-0.4, -0.2) is 16.5 Å². The highest BCUT2D eigenvalue weighted by Crippen LogP contribution is 2.11. The van der Waals surface area contributed by atoms with Crippen LogP contribution in [0.3, 0.4) is 0 Å². The summed E-state index contributed by atoms with van der Waals surface area (Å²) in [6, 6.07) is 5.55. The molecule has 0 saturated heterocycles. The lowest BCUT2D eigenvalue weighted by Crippen LogP contribution is -2.28. The SMILES string of the molecule is O=C(NCc1ccc([N+](=O)[O-])cc1)C(F)Cl. The zero-order chi connectivity index (χ0) is 12.1. The molecular formula is C9H8ClFN2O3. The third-order valence-electron chi connectivity index (χ3n) is 1.81. The van der Waals surface area contributed by atoms with E-state index in [1.54, 1.807) is 0 Å². The zero-order valence-corrected chi connectivity index (χ0v) is 8.78. The van der Waals surface area contributed by atoms with Gasteiger partial charge < -0.3 is 5.32 Å². The topological polar surface area (TPSA) is 72.2 Å². The number of hydrogen-bond acceptors (Lipinski definition) is 3. The van der Waals surface area contributed by atoms with Gasteiger partial charge in [0.1, 0.15) is 0 Å². The molecule has 0 aliphatic heterocycles. The first-order valence-electron chi connectivity index (χ1n) is 4.30. The summed E-state index contributed by atoms with van der Waals surface area (Å²) in [5.74, 6) is -0.931. The number of hydrogen-bond donors (Lipinski definition) is 1. The first-order chi connectivity index (χ1) is 7.50. The Kier molecular flexibility index (Phi) is 4.19. The quantitative estimate of drug-likeness (QED) is 0.500. The number of nitro benzene ring substituents is 1. The zero-order valence-electron chi connectivity index (χ0n) is 8.02. The molecule has 1 unspecified atom stereocenters. The largest absolute Gasteiger partial charge is 0.348 e. The van der Waals surface area contributed by atoms with Crippen molar-refractivity contribution >= 4 is 23.2 Å². The molecule has 5 nitrogen and oxygen atoms in total. The summed E-state index contributed by atoms with van der Waals surface area (Å²) in [6.45, 7) is 0.0734. The van der Waals surface area contributed by atoms with Gasteiger partial charge >= 0.3 is 0 Å². The Labute approximate surface area is 95.4 Å². The van der Waals surface area contributed by atoms with Crippen molar-refractivity contribution in [2.45, 2.75) is 12.2 Å². The van der Waals surface area contributed by atoms with Gasteiger partial charge in [0.15, 0.2) is 0 Å². The molecule has 1 N–H and O–H groups in total. The van der Waals surface area contributed by atoms with Gasteiger partial charge in [0, 0.05) is 18.7 Å². The minimum absolute atomic E-state index is 0.0456. The number of carbonyl (C=O) groups is 1. The van der Waals surface area contributed by atoms with Crippen LogP contribution in [0, 0.1) is 10.1 Å². The summed E-state index contributed by atoms with van der Waals surface area (Å²) in [4.78, 5) is 20.6. The van der Waals surface area contributed by atoms with E-state index in [2.05, 4.69) is 5.32 Å². The lowest BCUT2D eigenvalue weighted by molar-refractivity contribution is -0.384. The summed E-state index contributed by atoms with van der Waals surface area (Å²) < 4.78 is 12.2. The van der Waals surface area contributed by atoms with Crippen molar-refractivity contribution in [3.8, 4) is 0 Å². The van der Waals surface area contributed by atoms with Crippen LogP contribution in [0.15, 0.2) is 24.3 Å². The van der Waals surface area contributed by atoms with Crippen molar-refractivity contribution in [3.63, 3.8) is 0 Å². The van der Waals surface area contributed by atoms with Crippen LogP contribution in [0.2, 0.25) is 0 Å². The third kappa shape index (κ3) is 3.47. The number of nitrogens with one attached hydrogen (secondary N) is 1. The van der Waals surface area contributed by atoms with Gasteiger partial charge in [0.05, 0.1) is 4.92 Å². The van der Waals surface area contributed by atoms with Crippen LogP contribution >= 0.6 is 11.6 Å². The predicted molar refractivity (Wildman–Crippen MR) is 55.7 cm³/mol. The summed E-state index contributed by atoms with van der Waals surface area (Å²) in [5, 5.41) is 12.6. The maximum Gasteiger partial charge on any atom is 0.270 e. The Morgan fingerprint density at radius 1 is 1.50 bits per heavy atom. The number of halogens is 2. The lowest BCUT2D eigenvalue weighted by Gasteiger charge is -2.04. The van der Waals surface area contributed by atoms with E-state index in [-0.39, 0.29) is 12.2 Å². The minimum atomic E-state index is -2.09. The van der Waals surface area contributed by atoms with Crippen molar-refractivity contribution in [1.29, 1.82) is 0 Å². The fraction of sp³-hybridized carbons (Fsp3) is 0.222. The number of benzene rings is 1. The molecule has 0 fully saturated rings. The smallest absolute Gasteiger partial charge is 0.270 e. The van der Waals surface area contributed by atoms with Gasteiger partial charge in [-0.15, -0.1) is 0 Å². The Bertz CT molecular complexity index is 394. The van der Waals surface area contributed by atoms with Crippen LogP contribution in [0.4, 0.5) is 10.1 Å². The lowest BCUT2D eigenvalue weighted by atomic mass is 10.2. The minimum Gasteiger partial charge on any atom is -0.348 e. The normalized spacial score (nSPS) is 11.9. The fourth-order valence-electron chi connectivity index (χ4n) is 1.00. The number of nitro groups is 1. The van der Waals surface area contributed by atoms with Crippen molar-refractivity contribution in [2.24, 2.45) is 0 Å². The molecule has 1 amide bonds.